The Bertz CT molecular complexity index is 347. The van der Waals surface area contributed by atoms with Crippen molar-refractivity contribution in [2.24, 2.45) is 5.73 Å². The molecule has 1 amide bonds. The third kappa shape index (κ3) is 2.26. The number of amides is 1. The van der Waals surface area contributed by atoms with Crippen molar-refractivity contribution in [3.8, 4) is 0 Å². The summed E-state index contributed by atoms with van der Waals surface area (Å²) in [5.74, 6) is -0.142. The van der Waals surface area contributed by atoms with Crippen LogP contribution in [0.5, 0.6) is 0 Å². The highest BCUT2D eigenvalue weighted by Gasteiger charge is 2.29. The molecular weight excluding hydrogens is 224 g/mol. The Morgan fingerprint density at radius 2 is 2.19 bits per heavy atom. The van der Waals surface area contributed by atoms with Crippen LogP contribution >= 0.6 is 11.3 Å². The van der Waals surface area contributed by atoms with Crippen molar-refractivity contribution in [3.63, 3.8) is 0 Å². The van der Waals surface area contributed by atoms with Crippen LogP contribution in [0.2, 0.25) is 0 Å². The lowest BCUT2D eigenvalue weighted by atomic mass is 10.1. The van der Waals surface area contributed by atoms with Crippen molar-refractivity contribution < 1.29 is 9.90 Å². The molecule has 2 rings (SSSR count). The lowest BCUT2D eigenvalue weighted by Gasteiger charge is -2.23. The fraction of sp³-hybridized carbons (Fsp3) is 0.545. The molecule has 3 N–H and O–H groups in total. The molecule has 16 heavy (non-hydrogen) atoms. The number of hydrogen-bond donors (Lipinski definition) is 2. The zero-order valence-electron chi connectivity index (χ0n) is 9.00. The lowest BCUT2D eigenvalue weighted by Crippen LogP contribution is -2.45. The van der Waals surface area contributed by atoms with Crippen LogP contribution in [0.4, 0.5) is 0 Å². The highest BCUT2D eigenvalue weighted by molar-refractivity contribution is 7.07. The maximum absolute atomic E-state index is 11.9. The first kappa shape index (κ1) is 11.6. The second kappa shape index (κ2) is 4.95. The van der Waals surface area contributed by atoms with Crippen LogP contribution in [0.15, 0.2) is 16.8 Å². The minimum atomic E-state index is -0.889. The van der Waals surface area contributed by atoms with Crippen LogP contribution in [0.1, 0.15) is 24.5 Å². The number of aliphatic hydroxyl groups is 1. The van der Waals surface area contributed by atoms with E-state index in [9.17, 15) is 9.90 Å². The first-order valence-electron chi connectivity index (χ1n) is 5.44. The van der Waals surface area contributed by atoms with Gasteiger partial charge in [0.2, 0.25) is 5.91 Å². The van der Waals surface area contributed by atoms with Crippen LogP contribution in [-0.2, 0) is 4.79 Å². The molecule has 2 atom stereocenters. The summed E-state index contributed by atoms with van der Waals surface area (Å²) in [6.45, 7) is 1.53. The third-order valence-electron chi connectivity index (χ3n) is 2.93. The topological polar surface area (TPSA) is 66.6 Å². The summed E-state index contributed by atoms with van der Waals surface area (Å²) in [5, 5.41) is 13.6. The zero-order valence-corrected chi connectivity index (χ0v) is 9.82. The van der Waals surface area contributed by atoms with Crippen molar-refractivity contribution in [1.29, 1.82) is 0 Å². The fourth-order valence-corrected chi connectivity index (χ4v) is 2.62. The largest absolute Gasteiger partial charge is 0.386 e. The number of aliphatic hydroxyl groups excluding tert-OH is 1. The summed E-state index contributed by atoms with van der Waals surface area (Å²) < 4.78 is 0. The Morgan fingerprint density at radius 1 is 1.50 bits per heavy atom. The Morgan fingerprint density at radius 3 is 2.75 bits per heavy atom. The Kier molecular flexibility index (Phi) is 3.58. The van der Waals surface area contributed by atoms with E-state index in [1.165, 1.54) is 11.3 Å². The number of nitrogens with two attached hydrogens (primary N) is 1. The molecule has 2 heterocycles. The second-order valence-electron chi connectivity index (χ2n) is 4.06. The van der Waals surface area contributed by atoms with Crippen LogP contribution in [0, 0.1) is 0 Å². The molecule has 1 aromatic rings. The van der Waals surface area contributed by atoms with Gasteiger partial charge in [-0.1, -0.05) is 0 Å². The third-order valence-corrected chi connectivity index (χ3v) is 3.63. The normalized spacial score (nSPS) is 19.8. The van der Waals surface area contributed by atoms with E-state index in [4.69, 9.17) is 5.73 Å². The van der Waals surface area contributed by atoms with Crippen LogP contribution in [0.3, 0.4) is 0 Å². The maximum atomic E-state index is 11.9. The van der Waals surface area contributed by atoms with Crippen molar-refractivity contribution in [2.45, 2.75) is 25.0 Å². The lowest BCUT2D eigenvalue weighted by molar-refractivity contribution is -0.134. The first-order valence-corrected chi connectivity index (χ1v) is 6.39. The highest BCUT2D eigenvalue weighted by Crippen LogP contribution is 2.20. The van der Waals surface area contributed by atoms with Gasteiger partial charge in [0.1, 0.15) is 12.1 Å². The molecule has 1 aromatic heterocycles. The summed E-state index contributed by atoms with van der Waals surface area (Å²) in [4.78, 5) is 13.7. The van der Waals surface area contributed by atoms with E-state index < -0.39 is 12.1 Å². The molecule has 0 aliphatic carbocycles. The van der Waals surface area contributed by atoms with Gasteiger partial charge >= 0.3 is 0 Å². The number of likely N-dealkylation sites (tertiary alicyclic amines) is 1. The van der Waals surface area contributed by atoms with E-state index >= 15 is 0 Å². The molecule has 0 saturated carbocycles. The maximum Gasteiger partial charge on any atom is 0.242 e. The van der Waals surface area contributed by atoms with Gasteiger partial charge in [0.05, 0.1) is 0 Å². The number of nitrogens with zero attached hydrogens (tertiary/aromatic N) is 1. The first-order chi connectivity index (χ1) is 7.70. The molecule has 4 nitrogen and oxygen atoms in total. The molecule has 0 unspecified atom stereocenters. The molecule has 1 aliphatic rings. The van der Waals surface area contributed by atoms with Crippen LogP contribution in [0.25, 0.3) is 0 Å². The number of carbonyl (C=O) groups is 1. The number of carbonyl (C=O) groups excluding carboxylic acids is 1. The SMILES string of the molecule is N[C@@H](C(=O)N1CCCC1)[C@H](O)c1ccsc1. The summed E-state index contributed by atoms with van der Waals surface area (Å²) in [7, 11) is 0. The van der Waals surface area contributed by atoms with Crippen molar-refractivity contribution in [3.05, 3.63) is 22.4 Å². The van der Waals surface area contributed by atoms with Crippen molar-refractivity contribution >= 4 is 17.2 Å². The molecule has 1 fully saturated rings. The molecule has 88 valence electrons. The summed E-state index contributed by atoms with van der Waals surface area (Å²) in [6, 6.07) is 0.958. The van der Waals surface area contributed by atoms with E-state index in [1.807, 2.05) is 10.8 Å². The predicted octanol–water partition coefficient (Wildman–Crippen LogP) is 0.731. The molecule has 0 bridgehead atoms. The molecule has 1 aliphatic heterocycles. The van der Waals surface area contributed by atoms with E-state index in [0.29, 0.717) is 0 Å². The molecule has 1 saturated heterocycles. The molecule has 5 heteroatoms. The van der Waals surface area contributed by atoms with Gasteiger partial charge in [-0.3, -0.25) is 4.79 Å². The second-order valence-corrected chi connectivity index (χ2v) is 4.84. The van der Waals surface area contributed by atoms with Gasteiger partial charge in [0.15, 0.2) is 0 Å². The molecule has 0 aromatic carbocycles. The van der Waals surface area contributed by atoms with Gasteiger partial charge in [-0.2, -0.15) is 11.3 Å². The standard InChI is InChI=1S/C11H16N2O2S/c12-9(10(14)8-3-6-16-7-8)11(15)13-4-1-2-5-13/h3,6-7,9-10,14H,1-2,4-5,12H2/t9-,10-/m1/s1. The van der Waals surface area contributed by atoms with Crippen LogP contribution in [-0.4, -0.2) is 35.0 Å². The molecule has 0 radical (unpaired) electrons. The summed E-state index contributed by atoms with van der Waals surface area (Å²) >= 11 is 1.49. The van der Waals surface area contributed by atoms with Crippen LogP contribution < -0.4 is 5.73 Å². The van der Waals surface area contributed by atoms with Gasteiger partial charge in [-0.05, 0) is 35.2 Å². The van der Waals surface area contributed by atoms with E-state index in [0.717, 1.165) is 31.5 Å². The molecular formula is C11H16N2O2S. The van der Waals surface area contributed by atoms with Crippen molar-refractivity contribution in [2.75, 3.05) is 13.1 Å². The highest BCUT2D eigenvalue weighted by atomic mass is 32.1. The summed E-state index contributed by atoms with van der Waals surface area (Å²) in [5.41, 5.74) is 6.52. The number of thiophene rings is 1. The number of hydrogen-bond acceptors (Lipinski definition) is 4. The Hall–Kier alpha value is -0.910. The zero-order chi connectivity index (χ0) is 11.5. The van der Waals surface area contributed by atoms with Gasteiger partial charge in [0, 0.05) is 13.1 Å². The quantitative estimate of drug-likeness (QED) is 0.818. The van der Waals surface area contributed by atoms with E-state index in [1.54, 1.807) is 11.0 Å². The van der Waals surface area contributed by atoms with Gasteiger partial charge in [-0.15, -0.1) is 0 Å². The van der Waals surface area contributed by atoms with E-state index in [2.05, 4.69) is 0 Å². The van der Waals surface area contributed by atoms with Gasteiger partial charge in [-0.25, -0.2) is 0 Å². The Balaban J connectivity index is 2.01. The monoisotopic (exact) mass is 240 g/mol. The smallest absolute Gasteiger partial charge is 0.242 e. The predicted molar refractivity (Wildman–Crippen MR) is 63.1 cm³/mol. The minimum Gasteiger partial charge on any atom is -0.386 e. The Labute approximate surface area is 98.7 Å². The van der Waals surface area contributed by atoms with Crippen molar-refractivity contribution in [1.82, 2.24) is 4.90 Å². The minimum absolute atomic E-state index is 0.142. The average molecular weight is 240 g/mol. The van der Waals surface area contributed by atoms with E-state index in [-0.39, 0.29) is 5.91 Å². The summed E-state index contributed by atoms with van der Waals surface area (Å²) in [6.07, 6.45) is 1.18. The van der Waals surface area contributed by atoms with Gasteiger partial charge < -0.3 is 15.7 Å². The number of rotatable bonds is 3. The fourth-order valence-electron chi connectivity index (χ4n) is 1.93. The van der Waals surface area contributed by atoms with Gasteiger partial charge in [0.25, 0.3) is 0 Å². The average Bonchev–Trinajstić information content (AvgIpc) is 2.97. The molecule has 0 spiro atoms.